The average molecular weight is 164 g/mol. The molecule has 1 saturated carbocycles. The van der Waals surface area contributed by atoms with Gasteiger partial charge >= 0.3 is 0 Å². The van der Waals surface area contributed by atoms with Crippen molar-refractivity contribution in [2.24, 2.45) is 0 Å². The van der Waals surface area contributed by atoms with E-state index in [-0.39, 0.29) is 5.88 Å². The van der Waals surface area contributed by atoms with Crippen LogP contribution in [0.25, 0.3) is 0 Å². The van der Waals surface area contributed by atoms with E-state index < -0.39 is 0 Å². The Morgan fingerprint density at radius 2 is 2.33 bits per heavy atom. The van der Waals surface area contributed by atoms with Crippen molar-refractivity contribution < 1.29 is 5.11 Å². The molecule has 1 N–H and O–H groups in total. The fourth-order valence-electron chi connectivity index (χ4n) is 1.20. The molecule has 64 valence electrons. The van der Waals surface area contributed by atoms with E-state index in [9.17, 15) is 5.11 Å². The molecule has 1 aromatic rings. The predicted octanol–water partition coefficient (Wildman–Crippen LogP) is 1.62. The number of hydrogen-bond donors (Lipinski definition) is 1. The lowest BCUT2D eigenvalue weighted by atomic mass is 10.2. The van der Waals surface area contributed by atoms with Crippen molar-refractivity contribution in [1.29, 1.82) is 0 Å². The Morgan fingerprint density at radius 3 is 2.83 bits per heavy atom. The van der Waals surface area contributed by atoms with Crippen LogP contribution < -0.4 is 0 Å². The van der Waals surface area contributed by atoms with Crippen LogP contribution in [0.5, 0.6) is 5.88 Å². The van der Waals surface area contributed by atoms with Crippen LogP contribution in [0, 0.1) is 0 Å². The summed E-state index contributed by atoms with van der Waals surface area (Å²) in [5.41, 5.74) is 0.833. The van der Waals surface area contributed by atoms with Gasteiger partial charge in [-0.3, -0.25) is 0 Å². The second kappa shape index (κ2) is 2.73. The van der Waals surface area contributed by atoms with Crippen LogP contribution in [0.1, 0.15) is 37.1 Å². The molecule has 1 aliphatic carbocycles. The van der Waals surface area contributed by atoms with Gasteiger partial charge in [-0.25, -0.2) is 4.98 Å². The molecule has 1 fully saturated rings. The van der Waals surface area contributed by atoms with Crippen molar-refractivity contribution in [2.75, 3.05) is 0 Å². The molecule has 0 aliphatic heterocycles. The maximum absolute atomic E-state index is 9.42. The molecule has 1 heterocycles. The summed E-state index contributed by atoms with van der Waals surface area (Å²) in [5, 5.41) is 9.42. The van der Waals surface area contributed by atoms with Gasteiger partial charge in [0.2, 0.25) is 5.88 Å². The minimum atomic E-state index is 0.161. The Hall–Kier alpha value is -1.12. The van der Waals surface area contributed by atoms with Gasteiger partial charge in [-0.2, -0.15) is 4.98 Å². The molecule has 12 heavy (non-hydrogen) atoms. The third-order valence-corrected chi connectivity index (χ3v) is 2.18. The van der Waals surface area contributed by atoms with Gasteiger partial charge in [-0.15, -0.1) is 0 Å². The maximum atomic E-state index is 9.42. The molecular formula is C9H12N2O. The minimum Gasteiger partial charge on any atom is -0.493 e. The van der Waals surface area contributed by atoms with Crippen LogP contribution in [0.2, 0.25) is 0 Å². The van der Waals surface area contributed by atoms with Gasteiger partial charge < -0.3 is 5.11 Å². The van der Waals surface area contributed by atoms with Gasteiger partial charge in [0.15, 0.2) is 0 Å². The quantitative estimate of drug-likeness (QED) is 0.722. The van der Waals surface area contributed by atoms with Crippen molar-refractivity contribution in [2.45, 2.75) is 32.1 Å². The van der Waals surface area contributed by atoms with E-state index in [1.807, 2.05) is 6.92 Å². The number of rotatable bonds is 2. The highest BCUT2D eigenvalue weighted by molar-refractivity contribution is 5.23. The van der Waals surface area contributed by atoms with Crippen LogP contribution in [-0.2, 0) is 6.42 Å². The van der Waals surface area contributed by atoms with Crippen molar-refractivity contribution in [1.82, 2.24) is 9.97 Å². The number of hydrogen-bond acceptors (Lipinski definition) is 3. The zero-order valence-electron chi connectivity index (χ0n) is 7.12. The number of aromatic nitrogens is 2. The van der Waals surface area contributed by atoms with Crippen LogP contribution in [0.3, 0.4) is 0 Å². The molecule has 0 spiro atoms. The zero-order chi connectivity index (χ0) is 8.55. The van der Waals surface area contributed by atoms with E-state index in [0.29, 0.717) is 5.92 Å². The molecule has 0 bridgehead atoms. The minimum absolute atomic E-state index is 0.161. The molecule has 0 radical (unpaired) electrons. The molecule has 3 nitrogen and oxygen atoms in total. The molecule has 0 amide bonds. The monoisotopic (exact) mass is 164 g/mol. The molecule has 0 atom stereocenters. The van der Waals surface area contributed by atoms with E-state index in [1.165, 1.54) is 12.8 Å². The normalized spacial score (nSPS) is 16.4. The van der Waals surface area contributed by atoms with E-state index >= 15 is 0 Å². The largest absolute Gasteiger partial charge is 0.493 e. The molecule has 0 unspecified atom stereocenters. The van der Waals surface area contributed by atoms with Crippen LogP contribution in [0.4, 0.5) is 0 Å². The van der Waals surface area contributed by atoms with E-state index in [0.717, 1.165) is 17.8 Å². The smallest absolute Gasteiger partial charge is 0.217 e. The van der Waals surface area contributed by atoms with Crippen molar-refractivity contribution in [3.8, 4) is 5.88 Å². The topological polar surface area (TPSA) is 46.0 Å². The Balaban J connectivity index is 2.30. The summed E-state index contributed by atoms with van der Waals surface area (Å²) in [6.07, 6.45) is 4.86. The standard InChI is InChI=1S/C9H12N2O/c1-2-6-5-10-8(7-3-4-7)11-9(6)12/h5,7H,2-4H2,1H3,(H,10,11,12). The first-order valence-electron chi connectivity index (χ1n) is 4.36. The van der Waals surface area contributed by atoms with Crippen LogP contribution in [-0.4, -0.2) is 15.1 Å². The SMILES string of the molecule is CCc1cnc(C2CC2)nc1O. The Bertz CT molecular complexity index is 295. The van der Waals surface area contributed by atoms with Gasteiger partial charge in [-0.05, 0) is 19.3 Å². The first kappa shape index (κ1) is 7.53. The first-order chi connectivity index (χ1) is 5.81. The van der Waals surface area contributed by atoms with E-state index in [4.69, 9.17) is 0 Å². The van der Waals surface area contributed by atoms with Crippen molar-refractivity contribution in [3.05, 3.63) is 17.6 Å². The third-order valence-electron chi connectivity index (χ3n) is 2.18. The second-order valence-corrected chi connectivity index (χ2v) is 3.20. The number of aromatic hydroxyl groups is 1. The molecular weight excluding hydrogens is 152 g/mol. The molecule has 2 rings (SSSR count). The fourth-order valence-corrected chi connectivity index (χ4v) is 1.20. The predicted molar refractivity (Wildman–Crippen MR) is 45.0 cm³/mol. The van der Waals surface area contributed by atoms with Gasteiger partial charge in [-0.1, -0.05) is 6.92 Å². The Kier molecular flexibility index (Phi) is 1.71. The summed E-state index contributed by atoms with van der Waals surface area (Å²) in [7, 11) is 0. The zero-order valence-corrected chi connectivity index (χ0v) is 7.12. The Labute approximate surface area is 71.5 Å². The van der Waals surface area contributed by atoms with E-state index in [2.05, 4.69) is 9.97 Å². The lowest BCUT2D eigenvalue weighted by Crippen LogP contribution is -1.94. The molecule has 0 saturated heterocycles. The molecule has 0 aromatic carbocycles. The highest BCUT2D eigenvalue weighted by Gasteiger charge is 2.26. The lowest BCUT2D eigenvalue weighted by molar-refractivity contribution is 0.441. The highest BCUT2D eigenvalue weighted by atomic mass is 16.3. The maximum Gasteiger partial charge on any atom is 0.217 e. The summed E-state index contributed by atoms with van der Waals surface area (Å²) < 4.78 is 0. The van der Waals surface area contributed by atoms with Crippen molar-refractivity contribution in [3.63, 3.8) is 0 Å². The number of aryl methyl sites for hydroxylation is 1. The van der Waals surface area contributed by atoms with Gasteiger partial charge in [0, 0.05) is 17.7 Å². The summed E-state index contributed by atoms with van der Waals surface area (Å²) in [6, 6.07) is 0. The first-order valence-corrected chi connectivity index (χ1v) is 4.36. The van der Waals surface area contributed by atoms with Gasteiger partial charge in [0.05, 0.1) is 0 Å². The molecule has 1 aromatic heterocycles. The van der Waals surface area contributed by atoms with Crippen molar-refractivity contribution >= 4 is 0 Å². The summed E-state index contributed by atoms with van der Waals surface area (Å²) in [4.78, 5) is 8.25. The molecule has 3 heteroatoms. The van der Waals surface area contributed by atoms with Gasteiger partial charge in [0.25, 0.3) is 0 Å². The third kappa shape index (κ3) is 1.26. The van der Waals surface area contributed by atoms with Crippen LogP contribution >= 0.6 is 0 Å². The van der Waals surface area contributed by atoms with Gasteiger partial charge in [0.1, 0.15) is 5.82 Å². The molecule has 1 aliphatic rings. The van der Waals surface area contributed by atoms with Crippen LogP contribution in [0.15, 0.2) is 6.20 Å². The highest BCUT2D eigenvalue weighted by Crippen LogP contribution is 2.38. The lowest BCUT2D eigenvalue weighted by Gasteiger charge is -2.01. The second-order valence-electron chi connectivity index (χ2n) is 3.20. The summed E-state index contributed by atoms with van der Waals surface area (Å²) >= 11 is 0. The number of nitrogens with zero attached hydrogens (tertiary/aromatic N) is 2. The average Bonchev–Trinajstić information content (AvgIpc) is 2.86. The summed E-state index contributed by atoms with van der Waals surface area (Å²) in [5.74, 6) is 1.49. The summed E-state index contributed by atoms with van der Waals surface area (Å²) in [6.45, 7) is 1.98. The fraction of sp³-hybridized carbons (Fsp3) is 0.556. The Morgan fingerprint density at radius 1 is 1.58 bits per heavy atom. The van der Waals surface area contributed by atoms with E-state index in [1.54, 1.807) is 6.20 Å².